The van der Waals surface area contributed by atoms with E-state index in [9.17, 15) is 4.79 Å². The molecule has 0 aliphatic carbocycles. The monoisotopic (exact) mass is 385 g/mol. The van der Waals surface area contributed by atoms with Crippen molar-refractivity contribution < 1.29 is 4.79 Å². The summed E-state index contributed by atoms with van der Waals surface area (Å²) in [5, 5.41) is 3.28. The lowest BCUT2D eigenvalue weighted by atomic mass is 10.1. The van der Waals surface area contributed by atoms with Gasteiger partial charge in [-0.25, -0.2) is 0 Å². The Morgan fingerprint density at radius 1 is 0.870 bits per heavy atom. The van der Waals surface area contributed by atoms with Crippen LogP contribution in [-0.4, -0.2) is 5.91 Å². The van der Waals surface area contributed by atoms with Crippen molar-refractivity contribution in [2.75, 3.05) is 5.32 Å². The second kappa shape index (κ2) is 6.99. The average molecular weight is 387 g/mol. The van der Waals surface area contributed by atoms with Crippen LogP contribution in [0.2, 0.25) is 5.02 Å². The highest BCUT2D eigenvalue weighted by molar-refractivity contribution is 9.10. The summed E-state index contributed by atoms with van der Waals surface area (Å²) in [5.74, 6) is -0.233. The van der Waals surface area contributed by atoms with Crippen molar-refractivity contribution in [3.05, 3.63) is 87.9 Å². The Kier molecular flexibility index (Phi) is 4.79. The first kappa shape index (κ1) is 15.8. The van der Waals surface area contributed by atoms with E-state index in [1.807, 2.05) is 42.5 Å². The molecule has 1 amide bonds. The average Bonchev–Trinajstić information content (AvgIpc) is 2.58. The van der Waals surface area contributed by atoms with E-state index in [1.165, 1.54) is 0 Å². The molecule has 1 N–H and O–H groups in total. The number of carbonyl (C=O) groups is 1. The SMILES string of the molecule is O=C(Nc1ccc(-c2ccccc2)cc1)c1cc(Br)ccc1Cl. The quantitative estimate of drug-likeness (QED) is 0.585. The zero-order valence-corrected chi connectivity index (χ0v) is 14.4. The Morgan fingerprint density at radius 3 is 2.22 bits per heavy atom. The molecular weight excluding hydrogens is 374 g/mol. The van der Waals surface area contributed by atoms with Crippen LogP contribution in [0.1, 0.15) is 10.4 Å². The Morgan fingerprint density at radius 2 is 1.52 bits per heavy atom. The van der Waals surface area contributed by atoms with Crippen LogP contribution in [0, 0.1) is 0 Å². The predicted molar refractivity (Wildman–Crippen MR) is 99.0 cm³/mol. The van der Waals surface area contributed by atoms with Crippen LogP contribution in [-0.2, 0) is 0 Å². The van der Waals surface area contributed by atoms with Crippen molar-refractivity contribution in [1.29, 1.82) is 0 Å². The van der Waals surface area contributed by atoms with E-state index in [0.29, 0.717) is 10.6 Å². The third-order valence-electron chi connectivity index (χ3n) is 3.42. The van der Waals surface area contributed by atoms with Gasteiger partial charge in [-0.15, -0.1) is 0 Å². The predicted octanol–water partition coefficient (Wildman–Crippen LogP) is 6.02. The van der Waals surface area contributed by atoms with Crippen molar-refractivity contribution >= 4 is 39.1 Å². The highest BCUT2D eigenvalue weighted by Crippen LogP contribution is 2.24. The van der Waals surface area contributed by atoms with Crippen LogP contribution < -0.4 is 5.32 Å². The second-order valence-corrected chi connectivity index (χ2v) is 6.34. The van der Waals surface area contributed by atoms with Gasteiger partial charge in [0.1, 0.15) is 0 Å². The molecule has 3 rings (SSSR count). The van der Waals surface area contributed by atoms with Gasteiger partial charge in [0.2, 0.25) is 0 Å². The summed E-state index contributed by atoms with van der Waals surface area (Å²) >= 11 is 9.43. The third kappa shape index (κ3) is 3.81. The van der Waals surface area contributed by atoms with Crippen LogP contribution in [0.15, 0.2) is 77.3 Å². The van der Waals surface area contributed by atoms with Gasteiger partial charge >= 0.3 is 0 Å². The van der Waals surface area contributed by atoms with Gasteiger partial charge in [-0.05, 0) is 41.5 Å². The van der Waals surface area contributed by atoms with E-state index >= 15 is 0 Å². The molecule has 0 heterocycles. The number of nitrogens with one attached hydrogen (secondary N) is 1. The number of halogens is 2. The highest BCUT2D eigenvalue weighted by Gasteiger charge is 2.11. The molecule has 0 fully saturated rings. The molecule has 0 saturated carbocycles. The van der Waals surface area contributed by atoms with E-state index in [1.54, 1.807) is 18.2 Å². The van der Waals surface area contributed by atoms with Crippen molar-refractivity contribution in [2.24, 2.45) is 0 Å². The van der Waals surface area contributed by atoms with Gasteiger partial charge in [0.25, 0.3) is 5.91 Å². The van der Waals surface area contributed by atoms with Crippen molar-refractivity contribution in [2.45, 2.75) is 0 Å². The smallest absolute Gasteiger partial charge is 0.257 e. The van der Waals surface area contributed by atoms with Gasteiger partial charge in [-0.3, -0.25) is 4.79 Å². The van der Waals surface area contributed by atoms with E-state index in [4.69, 9.17) is 11.6 Å². The minimum Gasteiger partial charge on any atom is -0.322 e. The van der Waals surface area contributed by atoms with Crippen LogP contribution in [0.4, 0.5) is 5.69 Å². The first-order chi connectivity index (χ1) is 11.1. The molecule has 0 radical (unpaired) electrons. The lowest BCUT2D eigenvalue weighted by Crippen LogP contribution is -2.12. The Bertz CT molecular complexity index is 832. The molecule has 0 atom stereocenters. The molecule has 3 aromatic carbocycles. The molecule has 23 heavy (non-hydrogen) atoms. The number of carbonyl (C=O) groups excluding carboxylic acids is 1. The highest BCUT2D eigenvalue weighted by atomic mass is 79.9. The molecule has 0 bridgehead atoms. The molecule has 0 aliphatic rings. The Hall–Kier alpha value is -2.10. The topological polar surface area (TPSA) is 29.1 Å². The minimum absolute atomic E-state index is 0.233. The summed E-state index contributed by atoms with van der Waals surface area (Å²) in [5.41, 5.74) is 3.41. The Balaban J connectivity index is 1.78. The number of anilines is 1. The van der Waals surface area contributed by atoms with Gasteiger partial charge in [0, 0.05) is 10.2 Å². The molecule has 0 unspecified atom stereocenters. The fraction of sp³-hybridized carbons (Fsp3) is 0. The minimum atomic E-state index is -0.233. The van der Waals surface area contributed by atoms with Crippen LogP contribution in [0.5, 0.6) is 0 Å². The fourth-order valence-electron chi connectivity index (χ4n) is 2.25. The number of hydrogen-bond donors (Lipinski definition) is 1. The largest absolute Gasteiger partial charge is 0.322 e. The van der Waals surface area contributed by atoms with E-state index in [0.717, 1.165) is 21.3 Å². The Labute approximate surface area is 148 Å². The van der Waals surface area contributed by atoms with E-state index in [-0.39, 0.29) is 5.91 Å². The first-order valence-electron chi connectivity index (χ1n) is 7.05. The lowest BCUT2D eigenvalue weighted by molar-refractivity contribution is 0.102. The van der Waals surface area contributed by atoms with E-state index in [2.05, 4.69) is 33.4 Å². The van der Waals surface area contributed by atoms with Crippen molar-refractivity contribution in [3.63, 3.8) is 0 Å². The summed E-state index contributed by atoms with van der Waals surface area (Å²) in [6.45, 7) is 0. The second-order valence-electron chi connectivity index (χ2n) is 5.02. The molecule has 0 aliphatic heterocycles. The van der Waals surface area contributed by atoms with Crippen molar-refractivity contribution in [1.82, 2.24) is 0 Å². The van der Waals surface area contributed by atoms with Crippen LogP contribution in [0.25, 0.3) is 11.1 Å². The molecule has 3 aromatic rings. The van der Waals surface area contributed by atoms with Gasteiger partial charge in [0.05, 0.1) is 10.6 Å². The fourth-order valence-corrected chi connectivity index (χ4v) is 2.81. The maximum atomic E-state index is 12.3. The molecule has 0 aromatic heterocycles. The molecule has 0 saturated heterocycles. The first-order valence-corrected chi connectivity index (χ1v) is 8.22. The molecule has 2 nitrogen and oxygen atoms in total. The maximum absolute atomic E-state index is 12.3. The van der Waals surface area contributed by atoms with E-state index < -0.39 is 0 Å². The standard InChI is InChI=1S/C19H13BrClNO/c20-15-8-11-18(21)17(12-15)19(23)22-16-9-6-14(7-10-16)13-4-2-1-3-5-13/h1-12H,(H,22,23). The van der Waals surface area contributed by atoms with Gasteiger partial charge in [0.15, 0.2) is 0 Å². The van der Waals surface area contributed by atoms with Crippen LogP contribution in [0.3, 0.4) is 0 Å². The summed E-state index contributed by atoms with van der Waals surface area (Å²) in [6, 6.07) is 23.0. The zero-order valence-electron chi connectivity index (χ0n) is 12.1. The summed E-state index contributed by atoms with van der Waals surface area (Å²) in [4.78, 5) is 12.3. The van der Waals surface area contributed by atoms with Gasteiger partial charge < -0.3 is 5.32 Å². The molecular formula is C19H13BrClNO. The van der Waals surface area contributed by atoms with Crippen molar-refractivity contribution in [3.8, 4) is 11.1 Å². The number of benzene rings is 3. The summed E-state index contributed by atoms with van der Waals surface area (Å²) < 4.78 is 0.812. The maximum Gasteiger partial charge on any atom is 0.257 e. The summed E-state index contributed by atoms with van der Waals surface area (Å²) in [6.07, 6.45) is 0. The third-order valence-corrected chi connectivity index (χ3v) is 4.25. The molecule has 4 heteroatoms. The normalized spacial score (nSPS) is 10.3. The molecule has 114 valence electrons. The number of rotatable bonds is 3. The molecule has 0 spiro atoms. The number of amides is 1. The number of hydrogen-bond acceptors (Lipinski definition) is 1. The zero-order chi connectivity index (χ0) is 16.2. The van der Waals surface area contributed by atoms with Crippen LogP contribution >= 0.6 is 27.5 Å². The lowest BCUT2D eigenvalue weighted by Gasteiger charge is -2.08. The summed E-state index contributed by atoms with van der Waals surface area (Å²) in [7, 11) is 0. The van der Waals surface area contributed by atoms with Gasteiger partial charge in [-0.1, -0.05) is 70.0 Å². The van der Waals surface area contributed by atoms with Gasteiger partial charge in [-0.2, -0.15) is 0 Å².